The van der Waals surface area contributed by atoms with E-state index in [1.165, 1.54) is 0 Å². The summed E-state index contributed by atoms with van der Waals surface area (Å²) in [4.78, 5) is 32.5. The molecule has 0 saturated carbocycles. The lowest BCUT2D eigenvalue weighted by Gasteiger charge is -2.23. The summed E-state index contributed by atoms with van der Waals surface area (Å²) in [6.45, 7) is 0.343. The molecule has 0 radical (unpaired) electrons. The Morgan fingerprint density at radius 1 is 0.861 bits per heavy atom. The minimum atomic E-state index is -0.914. The number of carbonyl (C=O) groups excluding carboxylic acids is 1. The lowest BCUT2D eigenvalue weighted by molar-refractivity contribution is -0.123. The fraction of sp³-hybridized carbons (Fsp3) is 0.100. The van der Waals surface area contributed by atoms with E-state index in [2.05, 4.69) is 10.3 Å². The van der Waals surface area contributed by atoms with Crippen LogP contribution in [0, 0.1) is 0 Å². The molecule has 0 spiro atoms. The molecule has 0 aliphatic heterocycles. The minimum absolute atomic E-state index is 0.290. The summed E-state index contributed by atoms with van der Waals surface area (Å²) in [6.07, 6.45) is 0. The molecule has 4 aromatic carbocycles. The Balaban J connectivity index is 1.69. The second kappa shape index (κ2) is 10.3. The van der Waals surface area contributed by atoms with E-state index < -0.39 is 6.04 Å². The monoisotopic (exact) mass is 475 g/mol. The fourth-order valence-electron chi connectivity index (χ4n) is 4.28. The number of fused-ring (bicyclic) bond motifs is 1. The number of carbonyl (C=O) groups is 1. The summed E-state index contributed by atoms with van der Waals surface area (Å²) in [5, 5.41) is 3.03. The molecule has 0 aliphatic carbocycles. The van der Waals surface area contributed by atoms with Gasteiger partial charge in [-0.3, -0.25) is 14.2 Å². The summed E-state index contributed by atoms with van der Waals surface area (Å²) in [7, 11) is 1.59. The standard InChI is InChI=1S/C30H25N3O3/c1-36-24-18-16-23(17-19-24)28(29(34)31-20-21-10-4-2-5-11-21)33-26-15-9-8-14-25(26)32-27(30(33)35)22-12-6-3-7-13-22/h2-19,28H,20H2,1H3,(H,31,34). The molecule has 5 rings (SSSR count). The van der Waals surface area contributed by atoms with E-state index in [0.29, 0.717) is 40.1 Å². The topological polar surface area (TPSA) is 73.2 Å². The highest BCUT2D eigenvalue weighted by Crippen LogP contribution is 2.26. The number of amides is 1. The molecule has 6 heteroatoms. The zero-order valence-corrected chi connectivity index (χ0v) is 19.8. The molecule has 1 aromatic heterocycles. The van der Waals surface area contributed by atoms with Crippen molar-refractivity contribution in [2.24, 2.45) is 0 Å². The van der Waals surface area contributed by atoms with E-state index in [1.54, 1.807) is 23.8 Å². The van der Waals surface area contributed by atoms with E-state index in [9.17, 15) is 9.59 Å². The molecule has 0 saturated heterocycles. The number of ether oxygens (including phenoxy) is 1. The van der Waals surface area contributed by atoms with Crippen LogP contribution in [0.1, 0.15) is 17.2 Å². The Labute approximate surface area is 208 Å². The Morgan fingerprint density at radius 3 is 2.19 bits per heavy atom. The number of para-hydroxylation sites is 2. The Bertz CT molecular complexity index is 1550. The second-order valence-electron chi connectivity index (χ2n) is 8.37. The number of aromatic nitrogens is 2. The van der Waals surface area contributed by atoms with Gasteiger partial charge >= 0.3 is 0 Å². The highest BCUT2D eigenvalue weighted by molar-refractivity contribution is 5.87. The molecular formula is C30H25N3O3. The van der Waals surface area contributed by atoms with E-state index in [4.69, 9.17) is 4.74 Å². The van der Waals surface area contributed by atoms with Crippen LogP contribution in [0.5, 0.6) is 5.75 Å². The summed E-state index contributed by atoms with van der Waals surface area (Å²) in [5.41, 5.74) is 3.50. The van der Waals surface area contributed by atoms with Gasteiger partial charge in [-0.25, -0.2) is 4.98 Å². The van der Waals surface area contributed by atoms with Gasteiger partial charge in [-0.05, 0) is 35.4 Å². The van der Waals surface area contributed by atoms with Gasteiger partial charge in [0, 0.05) is 12.1 Å². The van der Waals surface area contributed by atoms with Gasteiger partial charge < -0.3 is 10.1 Å². The van der Waals surface area contributed by atoms with Crippen molar-refractivity contribution in [1.82, 2.24) is 14.9 Å². The lowest BCUT2D eigenvalue weighted by atomic mass is 10.0. The van der Waals surface area contributed by atoms with E-state index in [0.717, 1.165) is 5.56 Å². The van der Waals surface area contributed by atoms with Crippen molar-refractivity contribution in [2.45, 2.75) is 12.6 Å². The molecule has 0 aliphatic rings. The minimum Gasteiger partial charge on any atom is -0.497 e. The third-order valence-corrected chi connectivity index (χ3v) is 6.09. The Hall–Kier alpha value is -4.71. The van der Waals surface area contributed by atoms with Crippen molar-refractivity contribution in [3.63, 3.8) is 0 Å². The molecule has 1 amide bonds. The first-order valence-corrected chi connectivity index (χ1v) is 11.7. The van der Waals surface area contributed by atoms with Crippen LogP contribution in [0.3, 0.4) is 0 Å². The van der Waals surface area contributed by atoms with Gasteiger partial charge in [0.2, 0.25) is 5.91 Å². The molecule has 178 valence electrons. The van der Waals surface area contributed by atoms with Crippen LogP contribution < -0.4 is 15.6 Å². The van der Waals surface area contributed by atoms with Crippen molar-refractivity contribution in [1.29, 1.82) is 0 Å². The van der Waals surface area contributed by atoms with Crippen LogP contribution in [-0.4, -0.2) is 22.6 Å². The summed E-state index contributed by atoms with van der Waals surface area (Å²) >= 11 is 0. The normalized spacial score (nSPS) is 11.7. The second-order valence-corrected chi connectivity index (χ2v) is 8.37. The van der Waals surface area contributed by atoms with E-state index >= 15 is 0 Å². The van der Waals surface area contributed by atoms with Gasteiger partial charge in [0.1, 0.15) is 17.5 Å². The number of nitrogens with one attached hydrogen (secondary N) is 1. The molecule has 36 heavy (non-hydrogen) atoms. The van der Waals surface area contributed by atoms with Crippen LogP contribution in [0.15, 0.2) is 114 Å². The SMILES string of the molecule is COc1ccc(C(C(=O)NCc2ccccc2)n2c(=O)c(-c3ccccc3)nc3ccccc32)cc1. The molecule has 1 N–H and O–H groups in total. The molecule has 1 atom stereocenters. The van der Waals surface area contributed by atoms with Gasteiger partial charge in [-0.2, -0.15) is 0 Å². The Morgan fingerprint density at radius 2 is 1.50 bits per heavy atom. The zero-order chi connectivity index (χ0) is 24.9. The molecule has 6 nitrogen and oxygen atoms in total. The maximum Gasteiger partial charge on any atom is 0.278 e. The largest absolute Gasteiger partial charge is 0.497 e. The molecule has 0 fully saturated rings. The first-order valence-electron chi connectivity index (χ1n) is 11.7. The van der Waals surface area contributed by atoms with Crippen LogP contribution in [0.4, 0.5) is 0 Å². The third-order valence-electron chi connectivity index (χ3n) is 6.09. The number of hydrogen-bond acceptors (Lipinski definition) is 4. The number of rotatable bonds is 7. The maximum atomic E-state index is 14.0. The van der Waals surface area contributed by atoms with Crippen LogP contribution in [-0.2, 0) is 11.3 Å². The van der Waals surface area contributed by atoms with Crippen molar-refractivity contribution in [3.8, 4) is 17.0 Å². The molecule has 1 heterocycles. The van der Waals surface area contributed by atoms with Crippen LogP contribution in [0.2, 0.25) is 0 Å². The maximum absolute atomic E-state index is 14.0. The smallest absolute Gasteiger partial charge is 0.278 e. The van der Waals surface area contributed by atoms with Gasteiger partial charge in [0.15, 0.2) is 0 Å². The summed E-state index contributed by atoms with van der Waals surface area (Å²) < 4.78 is 6.86. The molecule has 5 aromatic rings. The van der Waals surface area contributed by atoms with Crippen molar-refractivity contribution in [2.75, 3.05) is 7.11 Å². The molecular weight excluding hydrogens is 450 g/mol. The third kappa shape index (κ3) is 4.61. The van der Waals surface area contributed by atoms with Crippen molar-refractivity contribution < 1.29 is 9.53 Å². The van der Waals surface area contributed by atoms with Crippen molar-refractivity contribution >= 4 is 16.9 Å². The Kier molecular flexibility index (Phi) is 6.58. The number of methoxy groups -OCH3 is 1. The lowest BCUT2D eigenvalue weighted by Crippen LogP contribution is -2.38. The highest BCUT2D eigenvalue weighted by atomic mass is 16.5. The van der Waals surface area contributed by atoms with Gasteiger partial charge in [-0.1, -0.05) is 84.9 Å². The predicted octanol–water partition coefficient (Wildman–Crippen LogP) is 4.98. The van der Waals surface area contributed by atoms with Gasteiger partial charge in [0.25, 0.3) is 5.56 Å². The first kappa shape index (κ1) is 23.1. The van der Waals surface area contributed by atoms with Gasteiger partial charge in [0.05, 0.1) is 18.1 Å². The predicted molar refractivity (Wildman–Crippen MR) is 141 cm³/mol. The van der Waals surface area contributed by atoms with Crippen LogP contribution in [0.25, 0.3) is 22.3 Å². The average Bonchev–Trinajstić information content (AvgIpc) is 2.94. The van der Waals surface area contributed by atoms with E-state index in [-0.39, 0.29) is 11.5 Å². The number of hydrogen-bond donors (Lipinski definition) is 1. The quantitative estimate of drug-likeness (QED) is 0.360. The van der Waals surface area contributed by atoms with Crippen molar-refractivity contribution in [3.05, 3.63) is 131 Å². The zero-order valence-electron chi connectivity index (χ0n) is 19.8. The van der Waals surface area contributed by atoms with E-state index in [1.807, 2.05) is 97.1 Å². The number of benzene rings is 4. The molecule has 1 unspecified atom stereocenters. The summed E-state index contributed by atoms with van der Waals surface area (Å²) in [5.74, 6) is 0.376. The molecule has 0 bridgehead atoms. The number of nitrogens with zero attached hydrogens (tertiary/aromatic N) is 2. The van der Waals surface area contributed by atoms with Gasteiger partial charge in [-0.15, -0.1) is 0 Å². The highest BCUT2D eigenvalue weighted by Gasteiger charge is 2.27. The first-order chi connectivity index (χ1) is 17.7. The summed E-state index contributed by atoms with van der Waals surface area (Å²) in [6, 6.07) is 32.7. The fourth-order valence-corrected chi connectivity index (χ4v) is 4.28. The average molecular weight is 476 g/mol. The van der Waals surface area contributed by atoms with Crippen LogP contribution >= 0.6 is 0 Å².